The molecule has 2 saturated carbocycles. The average molecular weight is 293 g/mol. The molecule has 0 atom stereocenters. The van der Waals surface area contributed by atoms with Crippen molar-refractivity contribution in [3.63, 3.8) is 0 Å². The Kier molecular flexibility index (Phi) is 5.11. The number of carbonyl (C=O) groups excluding carboxylic acids is 2. The van der Waals surface area contributed by atoms with E-state index < -0.39 is 0 Å². The highest BCUT2D eigenvalue weighted by Gasteiger charge is 2.35. The zero-order chi connectivity index (χ0) is 15.6. The standard InChI is InChI=1S/C18H31NO2/c1-18(2,3)14-7-5-13(6-8-14)17(21)19(4)15-9-11-16(20)12-10-15/h13-15H,5-12H2,1-4H3. The molecule has 2 rings (SSSR count). The lowest BCUT2D eigenvalue weighted by molar-refractivity contribution is -0.139. The fraction of sp³-hybridized carbons (Fsp3) is 0.889. The van der Waals surface area contributed by atoms with Gasteiger partial charge in [0.25, 0.3) is 0 Å². The minimum Gasteiger partial charge on any atom is -0.343 e. The third-order valence-electron chi connectivity index (χ3n) is 5.71. The first kappa shape index (κ1) is 16.5. The third kappa shape index (κ3) is 4.08. The van der Waals surface area contributed by atoms with Crippen LogP contribution in [0, 0.1) is 17.3 Å². The van der Waals surface area contributed by atoms with Crippen LogP contribution in [0.25, 0.3) is 0 Å². The largest absolute Gasteiger partial charge is 0.343 e. The average Bonchev–Trinajstić information content (AvgIpc) is 2.46. The molecule has 3 nitrogen and oxygen atoms in total. The zero-order valence-corrected chi connectivity index (χ0v) is 14.2. The van der Waals surface area contributed by atoms with E-state index in [4.69, 9.17) is 0 Å². The number of amides is 1. The van der Waals surface area contributed by atoms with Crippen molar-refractivity contribution in [2.24, 2.45) is 17.3 Å². The number of carbonyl (C=O) groups is 2. The van der Waals surface area contributed by atoms with Crippen LogP contribution in [0.5, 0.6) is 0 Å². The van der Waals surface area contributed by atoms with Gasteiger partial charge in [0.15, 0.2) is 0 Å². The maximum Gasteiger partial charge on any atom is 0.225 e. The van der Waals surface area contributed by atoms with E-state index in [2.05, 4.69) is 20.8 Å². The normalized spacial score (nSPS) is 28.5. The highest BCUT2D eigenvalue weighted by Crippen LogP contribution is 2.40. The van der Waals surface area contributed by atoms with E-state index in [-0.39, 0.29) is 12.0 Å². The molecule has 0 spiro atoms. The van der Waals surface area contributed by atoms with Crippen LogP contribution >= 0.6 is 0 Å². The van der Waals surface area contributed by atoms with Crippen molar-refractivity contribution in [2.45, 2.75) is 78.2 Å². The van der Waals surface area contributed by atoms with Gasteiger partial charge in [0.2, 0.25) is 5.91 Å². The number of hydrogen-bond donors (Lipinski definition) is 0. The molecule has 0 aromatic heterocycles. The number of rotatable bonds is 2. The molecule has 1 amide bonds. The first-order valence-electron chi connectivity index (χ1n) is 8.57. The van der Waals surface area contributed by atoms with Gasteiger partial charge in [0, 0.05) is 31.8 Å². The summed E-state index contributed by atoms with van der Waals surface area (Å²) in [6.45, 7) is 6.93. The summed E-state index contributed by atoms with van der Waals surface area (Å²) < 4.78 is 0. The zero-order valence-electron chi connectivity index (χ0n) is 14.2. The Bertz CT molecular complexity index is 379. The van der Waals surface area contributed by atoms with Crippen molar-refractivity contribution in [1.82, 2.24) is 4.90 Å². The fourth-order valence-electron chi connectivity index (χ4n) is 3.99. The second kappa shape index (κ2) is 6.50. The summed E-state index contributed by atoms with van der Waals surface area (Å²) in [7, 11) is 1.94. The molecular formula is C18H31NO2. The first-order chi connectivity index (χ1) is 9.79. The second-order valence-corrected chi connectivity index (χ2v) is 8.13. The lowest BCUT2D eigenvalue weighted by Gasteiger charge is -2.39. The molecule has 120 valence electrons. The van der Waals surface area contributed by atoms with Gasteiger partial charge in [0.05, 0.1) is 0 Å². The molecule has 2 fully saturated rings. The monoisotopic (exact) mass is 293 g/mol. The summed E-state index contributed by atoms with van der Waals surface area (Å²) in [4.78, 5) is 26.0. The third-order valence-corrected chi connectivity index (χ3v) is 5.71. The highest BCUT2D eigenvalue weighted by atomic mass is 16.2. The van der Waals surface area contributed by atoms with E-state index in [1.807, 2.05) is 11.9 Å². The molecule has 0 aliphatic heterocycles. The Morgan fingerprint density at radius 3 is 2.00 bits per heavy atom. The first-order valence-corrected chi connectivity index (χ1v) is 8.57. The Morgan fingerprint density at radius 1 is 1.00 bits per heavy atom. The maximum atomic E-state index is 12.7. The van der Waals surface area contributed by atoms with Crippen molar-refractivity contribution in [3.05, 3.63) is 0 Å². The van der Waals surface area contributed by atoms with Crippen molar-refractivity contribution < 1.29 is 9.59 Å². The summed E-state index contributed by atoms with van der Waals surface area (Å²) in [6, 6.07) is 0.288. The Labute approximate surface area is 129 Å². The van der Waals surface area contributed by atoms with Gasteiger partial charge in [-0.1, -0.05) is 20.8 Å². The highest BCUT2D eigenvalue weighted by molar-refractivity contribution is 5.81. The predicted octanol–water partition coefficient (Wildman–Crippen LogP) is 3.81. The van der Waals surface area contributed by atoms with E-state index in [0.29, 0.717) is 29.9 Å². The molecule has 0 radical (unpaired) electrons. The molecule has 2 aliphatic carbocycles. The Morgan fingerprint density at radius 2 is 1.52 bits per heavy atom. The van der Waals surface area contributed by atoms with Crippen molar-refractivity contribution >= 4 is 11.7 Å². The molecule has 0 bridgehead atoms. The number of hydrogen-bond acceptors (Lipinski definition) is 2. The van der Waals surface area contributed by atoms with Crippen LogP contribution < -0.4 is 0 Å². The quantitative estimate of drug-likeness (QED) is 0.776. The molecule has 0 N–H and O–H groups in total. The van der Waals surface area contributed by atoms with E-state index >= 15 is 0 Å². The maximum absolute atomic E-state index is 12.7. The molecule has 0 saturated heterocycles. The van der Waals surface area contributed by atoms with E-state index in [1.54, 1.807) is 0 Å². The van der Waals surface area contributed by atoms with Crippen molar-refractivity contribution in [1.29, 1.82) is 0 Å². The van der Waals surface area contributed by atoms with E-state index in [1.165, 1.54) is 12.8 Å². The van der Waals surface area contributed by atoms with Crippen molar-refractivity contribution in [3.8, 4) is 0 Å². The summed E-state index contributed by atoms with van der Waals surface area (Å²) in [6.07, 6.45) is 7.45. The topological polar surface area (TPSA) is 37.4 Å². The van der Waals surface area contributed by atoms with E-state index in [9.17, 15) is 9.59 Å². The predicted molar refractivity (Wildman–Crippen MR) is 84.9 cm³/mol. The summed E-state index contributed by atoms with van der Waals surface area (Å²) in [5.74, 6) is 1.64. The second-order valence-electron chi connectivity index (χ2n) is 8.13. The van der Waals surface area contributed by atoms with Crippen LogP contribution in [-0.4, -0.2) is 29.7 Å². The summed E-state index contributed by atoms with van der Waals surface area (Å²) in [5.41, 5.74) is 0.365. The number of nitrogens with zero attached hydrogens (tertiary/aromatic N) is 1. The molecule has 21 heavy (non-hydrogen) atoms. The van der Waals surface area contributed by atoms with Gasteiger partial charge < -0.3 is 4.90 Å². The van der Waals surface area contributed by atoms with Gasteiger partial charge in [-0.2, -0.15) is 0 Å². The minimum absolute atomic E-state index is 0.214. The van der Waals surface area contributed by atoms with Gasteiger partial charge in [-0.05, 0) is 49.9 Å². The summed E-state index contributed by atoms with van der Waals surface area (Å²) in [5, 5.41) is 0. The smallest absolute Gasteiger partial charge is 0.225 e. The molecule has 0 aromatic carbocycles. The fourth-order valence-corrected chi connectivity index (χ4v) is 3.99. The molecule has 0 unspecified atom stereocenters. The van der Waals surface area contributed by atoms with Gasteiger partial charge in [-0.25, -0.2) is 0 Å². The van der Waals surface area contributed by atoms with Crippen LogP contribution in [0.15, 0.2) is 0 Å². The van der Waals surface area contributed by atoms with Gasteiger partial charge in [-0.15, -0.1) is 0 Å². The van der Waals surface area contributed by atoms with Crippen LogP contribution in [0.3, 0.4) is 0 Å². The van der Waals surface area contributed by atoms with Gasteiger partial charge >= 0.3 is 0 Å². The molecule has 2 aliphatic rings. The lowest BCUT2D eigenvalue weighted by atomic mass is 9.69. The van der Waals surface area contributed by atoms with E-state index in [0.717, 1.165) is 31.6 Å². The van der Waals surface area contributed by atoms with Crippen LogP contribution in [0.4, 0.5) is 0 Å². The minimum atomic E-state index is 0.214. The van der Waals surface area contributed by atoms with Crippen LogP contribution in [0.2, 0.25) is 0 Å². The van der Waals surface area contributed by atoms with Gasteiger partial charge in [-0.3, -0.25) is 9.59 Å². The lowest BCUT2D eigenvalue weighted by Crippen LogP contribution is -2.43. The molecule has 0 heterocycles. The summed E-state index contributed by atoms with van der Waals surface area (Å²) >= 11 is 0. The van der Waals surface area contributed by atoms with Crippen molar-refractivity contribution in [2.75, 3.05) is 7.05 Å². The number of ketones is 1. The molecule has 3 heteroatoms. The molecular weight excluding hydrogens is 262 g/mol. The SMILES string of the molecule is CN(C(=O)C1CCC(C(C)(C)C)CC1)C1CCC(=O)CC1. The van der Waals surface area contributed by atoms with Crippen LogP contribution in [-0.2, 0) is 9.59 Å². The number of Topliss-reactive ketones (excluding diaryl/α,β-unsaturated/α-hetero) is 1. The molecule has 0 aromatic rings. The van der Waals surface area contributed by atoms with Gasteiger partial charge in [0.1, 0.15) is 5.78 Å². The van der Waals surface area contributed by atoms with Crippen LogP contribution in [0.1, 0.15) is 72.1 Å². The Balaban J connectivity index is 1.85. The Hall–Kier alpha value is -0.860.